The highest BCUT2D eigenvalue weighted by Gasteiger charge is 2.17. The van der Waals surface area contributed by atoms with Gasteiger partial charge in [0, 0.05) is 48.4 Å². The summed E-state index contributed by atoms with van der Waals surface area (Å²) in [6.07, 6.45) is 7.30. The molecule has 1 saturated heterocycles. The van der Waals surface area contributed by atoms with E-state index < -0.39 is 5.56 Å². The van der Waals surface area contributed by atoms with Gasteiger partial charge in [0.2, 0.25) is 11.0 Å². The van der Waals surface area contributed by atoms with Crippen LogP contribution in [0, 0.1) is 5.41 Å². The summed E-state index contributed by atoms with van der Waals surface area (Å²) in [6, 6.07) is 18.2. The lowest BCUT2D eigenvalue weighted by Crippen LogP contribution is -2.47. The Balaban J connectivity index is 1.46. The van der Waals surface area contributed by atoms with Crippen LogP contribution >= 0.6 is 11.3 Å². The van der Waals surface area contributed by atoms with Crippen molar-refractivity contribution in [3.05, 3.63) is 97.6 Å². The highest BCUT2D eigenvalue weighted by Crippen LogP contribution is 2.23. The number of hydrogen-bond donors (Lipinski definition) is 2. The van der Waals surface area contributed by atoms with Gasteiger partial charge in [0.1, 0.15) is 4.66 Å². The Morgan fingerprint density at radius 3 is 2.64 bits per heavy atom. The maximum absolute atomic E-state index is 13.0. The molecule has 1 aromatic heterocycles. The number of benzene rings is 2. The lowest BCUT2D eigenvalue weighted by Gasteiger charge is -2.10. The standard InChI is InChI=1S/C27H24N6O2S/c28-25-21(26(35)29-27-33(25)30-23(36-27)15-24(34)31-12-6-7-13-31)14-19-17-32(16-18-8-2-1-3-9-18)22-11-5-4-10-20(19)22/h1-5,8-11,14-15,17,28,30H,6-7,12-13,16H2/b21-14+,23-15+,28-25?. The number of hydrogen-bond acceptors (Lipinski definition) is 5. The maximum atomic E-state index is 13.0. The zero-order chi connectivity index (χ0) is 24.6. The van der Waals surface area contributed by atoms with Crippen LogP contribution in [-0.2, 0) is 11.3 Å². The van der Waals surface area contributed by atoms with E-state index in [1.165, 1.54) is 27.7 Å². The SMILES string of the molecule is N=c1/c(=C\c2cn(Cc3ccccc3)c3ccccc23)c(=O)nc2s/c(=C/C(=O)N3CCCC3)[nH]n1-2. The van der Waals surface area contributed by atoms with Crippen molar-refractivity contribution in [1.82, 2.24) is 24.2 Å². The number of nitrogens with zero attached hydrogens (tertiary/aromatic N) is 4. The molecule has 0 radical (unpaired) electrons. The van der Waals surface area contributed by atoms with Gasteiger partial charge in [-0.15, -0.1) is 0 Å². The Hall–Kier alpha value is -4.24. The summed E-state index contributed by atoms with van der Waals surface area (Å²) < 4.78 is 4.17. The fraction of sp³-hybridized carbons (Fsp3) is 0.185. The van der Waals surface area contributed by atoms with E-state index in [9.17, 15) is 9.59 Å². The number of H-pyrrole nitrogens is 1. The molecule has 180 valence electrons. The first kappa shape index (κ1) is 22.2. The van der Waals surface area contributed by atoms with E-state index in [-0.39, 0.29) is 16.6 Å². The highest BCUT2D eigenvalue weighted by molar-refractivity contribution is 7.11. The molecule has 1 fully saturated rings. The van der Waals surface area contributed by atoms with Crippen LogP contribution in [0.5, 0.6) is 0 Å². The number of amides is 1. The molecule has 0 saturated carbocycles. The summed E-state index contributed by atoms with van der Waals surface area (Å²) in [5.41, 5.74) is 2.61. The van der Waals surface area contributed by atoms with Gasteiger partial charge in [0.15, 0.2) is 5.49 Å². The van der Waals surface area contributed by atoms with Crippen LogP contribution in [0.3, 0.4) is 0 Å². The topological polar surface area (TPSA) is 99.8 Å². The normalized spacial score (nSPS) is 14.9. The predicted molar refractivity (Wildman–Crippen MR) is 140 cm³/mol. The molecule has 9 heteroatoms. The molecule has 3 aliphatic heterocycles. The summed E-state index contributed by atoms with van der Waals surface area (Å²) in [5, 5.41) is 13.4. The molecule has 2 N–H and O–H groups in total. The summed E-state index contributed by atoms with van der Waals surface area (Å²) in [5.74, 6) is -0.0669. The number of likely N-dealkylation sites (tertiary alicyclic amines) is 1. The summed E-state index contributed by atoms with van der Waals surface area (Å²) in [6.45, 7) is 2.22. The van der Waals surface area contributed by atoms with Gasteiger partial charge < -0.3 is 9.47 Å². The van der Waals surface area contributed by atoms with Crippen molar-refractivity contribution in [3.8, 4) is 5.13 Å². The van der Waals surface area contributed by atoms with E-state index in [2.05, 4.69) is 32.8 Å². The predicted octanol–water partition coefficient (Wildman–Crippen LogP) is 1.77. The molecule has 2 aromatic carbocycles. The zero-order valence-electron chi connectivity index (χ0n) is 19.5. The molecule has 6 rings (SSSR count). The molecular formula is C27H24N6O2S. The third kappa shape index (κ3) is 4.07. The number of carbonyl (C=O) groups excluding carboxylic acids is 1. The summed E-state index contributed by atoms with van der Waals surface area (Å²) >= 11 is 1.19. The second kappa shape index (κ2) is 9.09. The minimum atomic E-state index is -0.465. The summed E-state index contributed by atoms with van der Waals surface area (Å²) in [7, 11) is 0. The smallest absolute Gasteiger partial charge is 0.283 e. The van der Waals surface area contributed by atoms with Crippen LogP contribution in [0.2, 0.25) is 0 Å². The minimum absolute atomic E-state index is 0.00871. The van der Waals surface area contributed by atoms with Crippen LogP contribution < -0.4 is 20.9 Å². The Bertz CT molecular complexity index is 1790. The molecule has 8 nitrogen and oxygen atoms in total. The Labute approximate surface area is 209 Å². The fourth-order valence-corrected chi connectivity index (χ4v) is 5.56. The molecule has 0 unspecified atom stereocenters. The molecule has 0 bridgehead atoms. The van der Waals surface area contributed by atoms with E-state index in [0.29, 0.717) is 16.3 Å². The first-order chi connectivity index (χ1) is 17.6. The van der Waals surface area contributed by atoms with Crippen LogP contribution in [0.25, 0.3) is 28.2 Å². The minimum Gasteiger partial charge on any atom is -0.342 e. The van der Waals surface area contributed by atoms with Crippen molar-refractivity contribution < 1.29 is 4.79 Å². The first-order valence-electron chi connectivity index (χ1n) is 11.9. The third-order valence-corrected chi connectivity index (χ3v) is 7.39. The van der Waals surface area contributed by atoms with Crippen LogP contribution in [0.4, 0.5) is 0 Å². The highest BCUT2D eigenvalue weighted by atomic mass is 32.1. The molecule has 1 amide bonds. The lowest BCUT2D eigenvalue weighted by atomic mass is 10.1. The lowest BCUT2D eigenvalue weighted by molar-refractivity contribution is -0.123. The number of fused-ring (bicyclic) bond motifs is 2. The third-order valence-electron chi connectivity index (χ3n) is 6.51. The van der Waals surface area contributed by atoms with Gasteiger partial charge in [-0.2, -0.15) is 4.98 Å². The number of rotatable bonds is 4. The monoisotopic (exact) mass is 496 g/mol. The molecule has 0 atom stereocenters. The van der Waals surface area contributed by atoms with Crippen LogP contribution in [-0.4, -0.2) is 43.2 Å². The number of para-hydroxylation sites is 1. The van der Waals surface area contributed by atoms with Crippen molar-refractivity contribution >= 4 is 40.3 Å². The molecule has 0 aliphatic carbocycles. The zero-order valence-corrected chi connectivity index (χ0v) is 20.3. The van der Waals surface area contributed by atoms with Crippen molar-refractivity contribution in [2.45, 2.75) is 19.4 Å². The average Bonchev–Trinajstić information content (AvgIpc) is 3.63. The van der Waals surface area contributed by atoms with Crippen LogP contribution in [0.1, 0.15) is 24.0 Å². The molecule has 3 aromatic rings. The van der Waals surface area contributed by atoms with Gasteiger partial charge in [-0.1, -0.05) is 59.9 Å². The van der Waals surface area contributed by atoms with E-state index in [1.54, 1.807) is 11.0 Å². The first-order valence-corrected chi connectivity index (χ1v) is 12.7. The van der Waals surface area contributed by atoms with E-state index in [1.807, 2.05) is 42.6 Å². The van der Waals surface area contributed by atoms with Gasteiger partial charge in [0.25, 0.3) is 5.56 Å². The molecule has 3 aliphatic rings. The quantitative estimate of drug-likeness (QED) is 0.397. The van der Waals surface area contributed by atoms with E-state index in [4.69, 9.17) is 5.41 Å². The largest absolute Gasteiger partial charge is 0.342 e. The maximum Gasteiger partial charge on any atom is 0.283 e. The van der Waals surface area contributed by atoms with Gasteiger partial charge in [-0.3, -0.25) is 20.1 Å². The number of aromatic amines is 1. The van der Waals surface area contributed by atoms with Gasteiger partial charge >= 0.3 is 0 Å². The molecule has 36 heavy (non-hydrogen) atoms. The number of carbonyl (C=O) groups is 1. The van der Waals surface area contributed by atoms with Crippen molar-refractivity contribution in [2.75, 3.05) is 13.1 Å². The Morgan fingerprint density at radius 2 is 1.83 bits per heavy atom. The number of nitrogens with one attached hydrogen (secondary N) is 2. The van der Waals surface area contributed by atoms with Gasteiger partial charge in [0.05, 0.1) is 5.22 Å². The van der Waals surface area contributed by atoms with Crippen molar-refractivity contribution in [3.63, 3.8) is 0 Å². The molecular weight excluding hydrogens is 472 g/mol. The summed E-state index contributed by atoms with van der Waals surface area (Å²) in [4.78, 5) is 31.5. The number of aromatic nitrogens is 4. The Morgan fingerprint density at radius 1 is 1.08 bits per heavy atom. The van der Waals surface area contributed by atoms with E-state index >= 15 is 0 Å². The Kier molecular flexibility index (Phi) is 5.61. The fourth-order valence-electron chi connectivity index (χ4n) is 4.71. The van der Waals surface area contributed by atoms with Crippen molar-refractivity contribution in [2.24, 2.45) is 0 Å². The van der Waals surface area contributed by atoms with Crippen molar-refractivity contribution in [1.29, 1.82) is 5.41 Å². The molecule has 4 heterocycles. The van der Waals surface area contributed by atoms with Gasteiger partial charge in [-0.05, 0) is 30.5 Å². The second-order valence-corrected chi connectivity index (χ2v) is 9.92. The van der Waals surface area contributed by atoms with Crippen LogP contribution in [0.15, 0.2) is 65.6 Å². The second-order valence-electron chi connectivity index (χ2n) is 8.91. The van der Waals surface area contributed by atoms with Gasteiger partial charge in [-0.25, -0.2) is 4.68 Å². The average molecular weight is 497 g/mol. The van der Waals surface area contributed by atoms with E-state index in [0.717, 1.165) is 42.4 Å². The molecule has 0 spiro atoms.